The molecule has 0 N–H and O–H groups in total. The minimum Gasteiger partial charge on any atom is -0.340 e. The molecule has 2 aromatic carbocycles. The van der Waals surface area contributed by atoms with E-state index in [1.165, 1.54) is 21.8 Å². The molecule has 3 aromatic rings. The quantitative estimate of drug-likeness (QED) is 0.701. The van der Waals surface area contributed by atoms with Gasteiger partial charge in [0.15, 0.2) is 0 Å². The van der Waals surface area contributed by atoms with Crippen LogP contribution in [0.1, 0.15) is 18.9 Å². The maximum absolute atomic E-state index is 12.1. The summed E-state index contributed by atoms with van der Waals surface area (Å²) in [6.07, 6.45) is 1.62. The van der Waals surface area contributed by atoms with E-state index in [0.717, 1.165) is 24.2 Å². The molecule has 21 heavy (non-hydrogen) atoms. The molecule has 0 saturated heterocycles. The van der Waals surface area contributed by atoms with Crippen LogP contribution < -0.4 is 4.90 Å². The summed E-state index contributed by atoms with van der Waals surface area (Å²) >= 11 is 0. The Morgan fingerprint density at radius 1 is 1.10 bits per heavy atom. The minimum absolute atomic E-state index is 0.185. The Balaban J connectivity index is 2.19. The van der Waals surface area contributed by atoms with Crippen molar-refractivity contribution in [2.24, 2.45) is 0 Å². The van der Waals surface area contributed by atoms with E-state index >= 15 is 0 Å². The molecule has 0 bridgehead atoms. The van der Waals surface area contributed by atoms with Crippen molar-refractivity contribution in [1.82, 2.24) is 4.57 Å². The Bertz CT molecular complexity index is 876. The molecule has 0 radical (unpaired) electrons. The third-order valence-corrected chi connectivity index (χ3v) is 4.49. The molecular formula is C18H18N2O. The molecule has 3 nitrogen and oxygen atoms in total. The van der Waals surface area contributed by atoms with Crippen molar-refractivity contribution in [1.29, 1.82) is 0 Å². The zero-order valence-electron chi connectivity index (χ0n) is 12.4. The predicted molar refractivity (Wildman–Crippen MR) is 86.8 cm³/mol. The fourth-order valence-corrected chi connectivity index (χ4v) is 3.56. The SMILES string of the molecule is CCCn1c2ccccc2c2c3c(ccc21)CC(=O)N3C. The molecule has 0 aliphatic carbocycles. The summed E-state index contributed by atoms with van der Waals surface area (Å²) < 4.78 is 2.38. The molecule has 0 unspecified atom stereocenters. The summed E-state index contributed by atoms with van der Waals surface area (Å²) in [6.45, 7) is 3.20. The molecule has 106 valence electrons. The first-order valence-electron chi connectivity index (χ1n) is 7.51. The zero-order valence-corrected chi connectivity index (χ0v) is 12.4. The van der Waals surface area contributed by atoms with Crippen molar-refractivity contribution in [2.45, 2.75) is 26.3 Å². The number of amides is 1. The van der Waals surface area contributed by atoms with Gasteiger partial charge in [0, 0.05) is 29.9 Å². The summed E-state index contributed by atoms with van der Waals surface area (Å²) in [5, 5.41) is 2.48. The van der Waals surface area contributed by atoms with Crippen LogP contribution in [-0.2, 0) is 17.8 Å². The van der Waals surface area contributed by atoms with Gasteiger partial charge in [-0.25, -0.2) is 0 Å². The second-order valence-electron chi connectivity index (χ2n) is 5.77. The lowest BCUT2D eigenvalue weighted by Gasteiger charge is -2.12. The minimum atomic E-state index is 0.185. The molecule has 1 aliphatic rings. The largest absolute Gasteiger partial charge is 0.340 e. The van der Waals surface area contributed by atoms with Crippen molar-refractivity contribution in [2.75, 3.05) is 11.9 Å². The van der Waals surface area contributed by atoms with E-state index in [9.17, 15) is 4.79 Å². The van der Waals surface area contributed by atoms with Crippen molar-refractivity contribution in [3.8, 4) is 0 Å². The highest BCUT2D eigenvalue weighted by atomic mass is 16.2. The highest BCUT2D eigenvalue weighted by Gasteiger charge is 2.28. The van der Waals surface area contributed by atoms with E-state index in [2.05, 4.69) is 47.9 Å². The monoisotopic (exact) mass is 278 g/mol. The first-order valence-corrected chi connectivity index (χ1v) is 7.51. The lowest BCUT2D eigenvalue weighted by Crippen LogP contribution is -2.20. The van der Waals surface area contributed by atoms with E-state index in [4.69, 9.17) is 0 Å². The topological polar surface area (TPSA) is 25.2 Å². The van der Waals surface area contributed by atoms with E-state index in [1.54, 1.807) is 0 Å². The first kappa shape index (κ1) is 12.5. The number of benzene rings is 2. The maximum atomic E-state index is 12.1. The zero-order chi connectivity index (χ0) is 14.6. The van der Waals surface area contributed by atoms with Gasteiger partial charge in [0.2, 0.25) is 5.91 Å². The van der Waals surface area contributed by atoms with Crippen LogP contribution in [0, 0.1) is 0 Å². The Morgan fingerprint density at radius 3 is 2.71 bits per heavy atom. The summed E-state index contributed by atoms with van der Waals surface area (Å²) in [5.41, 5.74) is 4.74. The van der Waals surface area contributed by atoms with Crippen LogP contribution in [0.15, 0.2) is 36.4 Å². The van der Waals surface area contributed by atoms with Gasteiger partial charge in [0.25, 0.3) is 0 Å². The Kier molecular flexibility index (Phi) is 2.58. The number of para-hydroxylation sites is 1. The second kappa shape index (κ2) is 4.35. The Morgan fingerprint density at radius 2 is 1.90 bits per heavy atom. The van der Waals surface area contributed by atoms with Crippen molar-refractivity contribution >= 4 is 33.4 Å². The number of likely N-dealkylation sites (N-methyl/N-ethyl adjacent to an activating group) is 1. The Labute approximate surface area is 123 Å². The van der Waals surface area contributed by atoms with Gasteiger partial charge in [-0.05, 0) is 24.1 Å². The number of aryl methyl sites for hydroxylation is 1. The number of hydrogen-bond donors (Lipinski definition) is 0. The average molecular weight is 278 g/mol. The average Bonchev–Trinajstić information content (AvgIpc) is 2.96. The summed E-state index contributed by atoms with van der Waals surface area (Å²) in [6, 6.07) is 12.8. The van der Waals surface area contributed by atoms with E-state index in [0.29, 0.717) is 6.42 Å². The van der Waals surface area contributed by atoms with Gasteiger partial charge in [-0.3, -0.25) is 4.79 Å². The highest BCUT2D eigenvalue weighted by Crippen LogP contribution is 2.41. The van der Waals surface area contributed by atoms with Crippen LogP contribution in [0.2, 0.25) is 0 Å². The molecule has 4 rings (SSSR count). The first-order chi connectivity index (χ1) is 10.2. The fraction of sp³-hybridized carbons (Fsp3) is 0.278. The van der Waals surface area contributed by atoms with Crippen LogP contribution in [0.5, 0.6) is 0 Å². The third-order valence-electron chi connectivity index (χ3n) is 4.49. The van der Waals surface area contributed by atoms with Gasteiger partial charge >= 0.3 is 0 Å². The van der Waals surface area contributed by atoms with Gasteiger partial charge < -0.3 is 9.47 Å². The van der Waals surface area contributed by atoms with Crippen LogP contribution in [0.3, 0.4) is 0 Å². The summed E-state index contributed by atoms with van der Waals surface area (Å²) in [4.78, 5) is 13.9. The lowest BCUT2D eigenvalue weighted by molar-refractivity contribution is -0.117. The molecule has 1 aromatic heterocycles. The number of aromatic nitrogens is 1. The van der Waals surface area contributed by atoms with Gasteiger partial charge in [0.1, 0.15) is 0 Å². The molecule has 0 fully saturated rings. The van der Waals surface area contributed by atoms with E-state index in [-0.39, 0.29) is 5.91 Å². The van der Waals surface area contributed by atoms with Gasteiger partial charge in [-0.2, -0.15) is 0 Å². The highest BCUT2D eigenvalue weighted by molar-refractivity contribution is 6.20. The molecule has 0 atom stereocenters. The second-order valence-corrected chi connectivity index (χ2v) is 5.77. The number of nitrogens with zero attached hydrogens (tertiary/aromatic N) is 2. The molecule has 3 heteroatoms. The number of carbonyl (C=O) groups is 1. The third kappa shape index (κ3) is 1.57. The van der Waals surface area contributed by atoms with Crippen LogP contribution in [0.25, 0.3) is 21.8 Å². The standard InChI is InChI=1S/C18H18N2O/c1-3-10-20-14-7-5-4-6-13(14)17-15(20)9-8-12-11-16(21)19(2)18(12)17/h4-9H,3,10-11H2,1-2H3. The van der Waals surface area contributed by atoms with Crippen molar-refractivity contribution in [3.05, 3.63) is 42.0 Å². The maximum Gasteiger partial charge on any atom is 0.231 e. The van der Waals surface area contributed by atoms with Crippen LogP contribution in [0.4, 0.5) is 5.69 Å². The summed E-state index contributed by atoms with van der Waals surface area (Å²) in [5.74, 6) is 0.185. The number of fused-ring (bicyclic) bond motifs is 5. The number of carbonyl (C=O) groups excluding carboxylic acids is 1. The molecule has 1 aliphatic heterocycles. The lowest BCUT2D eigenvalue weighted by atomic mass is 10.1. The molecular weight excluding hydrogens is 260 g/mol. The molecule has 0 saturated carbocycles. The normalized spacial score (nSPS) is 14.4. The number of hydrogen-bond acceptors (Lipinski definition) is 1. The predicted octanol–water partition coefficient (Wildman–Crippen LogP) is 3.72. The van der Waals surface area contributed by atoms with Crippen LogP contribution in [-0.4, -0.2) is 17.5 Å². The molecule has 0 spiro atoms. The fourth-order valence-electron chi connectivity index (χ4n) is 3.56. The van der Waals surface area contributed by atoms with Gasteiger partial charge in [-0.15, -0.1) is 0 Å². The number of rotatable bonds is 2. The van der Waals surface area contributed by atoms with Crippen molar-refractivity contribution < 1.29 is 4.79 Å². The molecule has 2 heterocycles. The Hall–Kier alpha value is -2.29. The summed E-state index contributed by atoms with van der Waals surface area (Å²) in [7, 11) is 1.89. The van der Waals surface area contributed by atoms with Crippen LogP contribution >= 0.6 is 0 Å². The van der Waals surface area contributed by atoms with E-state index in [1.807, 2.05) is 11.9 Å². The van der Waals surface area contributed by atoms with E-state index < -0.39 is 0 Å². The van der Waals surface area contributed by atoms with Crippen molar-refractivity contribution in [3.63, 3.8) is 0 Å². The van der Waals surface area contributed by atoms with Gasteiger partial charge in [0.05, 0.1) is 17.6 Å². The van der Waals surface area contributed by atoms with Gasteiger partial charge in [-0.1, -0.05) is 31.2 Å². The number of anilines is 1. The molecule has 1 amide bonds. The smallest absolute Gasteiger partial charge is 0.231 e.